The molecule has 0 bridgehead atoms. The number of hydrogen-bond donors (Lipinski definition) is 2. The third-order valence-electron chi connectivity index (χ3n) is 3.90. The van der Waals surface area contributed by atoms with Gasteiger partial charge in [-0.25, -0.2) is 4.79 Å². The van der Waals surface area contributed by atoms with E-state index in [-0.39, 0.29) is 18.0 Å². The molecule has 0 aliphatic rings. The zero-order valence-electron chi connectivity index (χ0n) is 15.9. The Balaban J connectivity index is 2.18. The number of ether oxygens (including phenoxy) is 2. The SMILES string of the molecule is COC[C@@H](c1ccccn1)N(C)C(=O)Nc1ccc(OC)c(NC(C)=O)c1. The number of aromatic nitrogens is 1. The van der Waals surface area contributed by atoms with E-state index in [0.717, 1.165) is 5.69 Å². The molecule has 2 aromatic rings. The zero-order valence-corrected chi connectivity index (χ0v) is 15.9. The van der Waals surface area contributed by atoms with Gasteiger partial charge in [-0.05, 0) is 30.3 Å². The number of amides is 3. The minimum Gasteiger partial charge on any atom is -0.495 e. The molecule has 2 N–H and O–H groups in total. The summed E-state index contributed by atoms with van der Waals surface area (Å²) in [5, 5.41) is 5.49. The molecule has 0 saturated heterocycles. The maximum Gasteiger partial charge on any atom is 0.322 e. The van der Waals surface area contributed by atoms with E-state index in [9.17, 15) is 9.59 Å². The summed E-state index contributed by atoms with van der Waals surface area (Å²) in [6, 6.07) is 9.85. The average Bonchev–Trinajstić information content (AvgIpc) is 2.66. The number of methoxy groups -OCH3 is 2. The molecule has 1 aromatic heterocycles. The Hall–Kier alpha value is -3.13. The summed E-state index contributed by atoms with van der Waals surface area (Å²) in [5.74, 6) is 0.270. The first-order valence-corrected chi connectivity index (χ1v) is 8.35. The minimum absolute atomic E-state index is 0.232. The summed E-state index contributed by atoms with van der Waals surface area (Å²) >= 11 is 0. The summed E-state index contributed by atoms with van der Waals surface area (Å²) in [4.78, 5) is 29.9. The van der Waals surface area contributed by atoms with E-state index in [1.807, 2.05) is 18.2 Å². The quantitative estimate of drug-likeness (QED) is 0.780. The third kappa shape index (κ3) is 5.42. The Labute approximate surface area is 158 Å². The lowest BCUT2D eigenvalue weighted by Gasteiger charge is -2.27. The van der Waals surface area contributed by atoms with Gasteiger partial charge in [0.15, 0.2) is 0 Å². The highest BCUT2D eigenvalue weighted by molar-refractivity contribution is 5.94. The van der Waals surface area contributed by atoms with Gasteiger partial charge in [-0.3, -0.25) is 9.78 Å². The fourth-order valence-corrected chi connectivity index (χ4v) is 2.55. The van der Waals surface area contributed by atoms with Gasteiger partial charge in [0.05, 0.1) is 31.1 Å². The van der Waals surface area contributed by atoms with Gasteiger partial charge in [-0.2, -0.15) is 0 Å². The Bertz CT molecular complexity index is 783. The van der Waals surface area contributed by atoms with Crippen molar-refractivity contribution >= 4 is 23.3 Å². The van der Waals surface area contributed by atoms with Crippen LogP contribution in [0.4, 0.5) is 16.2 Å². The second kappa shape index (κ2) is 9.54. The highest BCUT2D eigenvalue weighted by Crippen LogP contribution is 2.28. The Morgan fingerprint density at radius 3 is 2.56 bits per heavy atom. The van der Waals surface area contributed by atoms with E-state index in [2.05, 4.69) is 15.6 Å². The second-order valence-electron chi connectivity index (χ2n) is 5.86. The van der Waals surface area contributed by atoms with Gasteiger partial charge < -0.3 is 25.0 Å². The molecule has 2 rings (SSSR count). The first-order chi connectivity index (χ1) is 13.0. The van der Waals surface area contributed by atoms with Gasteiger partial charge in [-0.1, -0.05) is 6.07 Å². The lowest BCUT2D eigenvalue weighted by atomic mass is 10.2. The predicted octanol–water partition coefficient (Wildman–Crippen LogP) is 2.90. The fraction of sp³-hybridized carbons (Fsp3) is 0.316. The van der Waals surface area contributed by atoms with E-state index in [0.29, 0.717) is 23.7 Å². The average molecular weight is 372 g/mol. The molecule has 1 aromatic carbocycles. The van der Waals surface area contributed by atoms with Crippen molar-refractivity contribution in [3.63, 3.8) is 0 Å². The molecule has 27 heavy (non-hydrogen) atoms. The maximum atomic E-state index is 12.7. The Morgan fingerprint density at radius 1 is 1.19 bits per heavy atom. The number of pyridine rings is 1. The zero-order chi connectivity index (χ0) is 19.8. The topological polar surface area (TPSA) is 92.8 Å². The molecule has 0 saturated carbocycles. The van der Waals surface area contributed by atoms with E-state index in [1.54, 1.807) is 38.6 Å². The number of carbonyl (C=O) groups is 2. The Morgan fingerprint density at radius 2 is 1.96 bits per heavy atom. The van der Waals surface area contributed by atoms with Crippen LogP contribution >= 0.6 is 0 Å². The molecular formula is C19H24N4O4. The monoisotopic (exact) mass is 372 g/mol. The van der Waals surface area contributed by atoms with E-state index in [1.165, 1.54) is 18.9 Å². The fourth-order valence-electron chi connectivity index (χ4n) is 2.55. The summed E-state index contributed by atoms with van der Waals surface area (Å²) < 4.78 is 10.5. The number of nitrogens with one attached hydrogen (secondary N) is 2. The number of benzene rings is 1. The van der Waals surface area contributed by atoms with Crippen LogP contribution in [-0.2, 0) is 9.53 Å². The van der Waals surface area contributed by atoms with E-state index in [4.69, 9.17) is 9.47 Å². The van der Waals surface area contributed by atoms with Crippen molar-refractivity contribution < 1.29 is 19.1 Å². The number of carbonyl (C=O) groups excluding carboxylic acids is 2. The van der Waals surface area contributed by atoms with E-state index >= 15 is 0 Å². The first kappa shape index (κ1) is 20.2. The Kier molecular flexibility index (Phi) is 7.13. The minimum atomic E-state index is -0.343. The number of hydrogen-bond acceptors (Lipinski definition) is 5. The van der Waals surface area contributed by atoms with Crippen LogP contribution < -0.4 is 15.4 Å². The van der Waals surface area contributed by atoms with Crippen LogP contribution in [0.15, 0.2) is 42.6 Å². The van der Waals surface area contributed by atoms with Crippen molar-refractivity contribution in [1.82, 2.24) is 9.88 Å². The van der Waals surface area contributed by atoms with Gasteiger partial charge in [0.25, 0.3) is 0 Å². The second-order valence-corrected chi connectivity index (χ2v) is 5.86. The van der Waals surface area contributed by atoms with Crippen LogP contribution in [-0.4, -0.2) is 49.7 Å². The number of likely N-dealkylation sites (N-methyl/N-ethyl adjacent to an activating group) is 1. The van der Waals surface area contributed by atoms with Crippen LogP contribution in [0.3, 0.4) is 0 Å². The van der Waals surface area contributed by atoms with Crippen LogP contribution in [0.1, 0.15) is 18.7 Å². The van der Waals surface area contributed by atoms with Crippen LogP contribution in [0.2, 0.25) is 0 Å². The van der Waals surface area contributed by atoms with Crippen molar-refractivity contribution in [2.75, 3.05) is 38.5 Å². The molecule has 0 radical (unpaired) electrons. The highest BCUT2D eigenvalue weighted by Gasteiger charge is 2.23. The van der Waals surface area contributed by atoms with E-state index < -0.39 is 0 Å². The molecule has 1 heterocycles. The number of anilines is 2. The third-order valence-corrected chi connectivity index (χ3v) is 3.90. The molecule has 0 spiro atoms. The van der Waals surface area contributed by atoms with Gasteiger partial charge in [0, 0.05) is 33.0 Å². The standard InChI is InChI=1S/C19H24N4O4/c1-13(24)21-16-11-14(8-9-18(16)27-4)22-19(25)23(2)17(12-26-3)15-7-5-6-10-20-15/h5-11,17H,12H2,1-4H3,(H,21,24)(H,22,25)/t17-/m0/s1. The highest BCUT2D eigenvalue weighted by atomic mass is 16.5. The number of rotatable bonds is 7. The number of nitrogens with zero attached hydrogens (tertiary/aromatic N) is 2. The van der Waals surface area contributed by atoms with Crippen molar-refractivity contribution in [3.8, 4) is 5.75 Å². The lowest BCUT2D eigenvalue weighted by Crippen LogP contribution is -2.37. The lowest BCUT2D eigenvalue weighted by molar-refractivity contribution is -0.114. The number of urea groups is 1. The van der Waals surface area contributed by atoms with Crippen LogP contribution in [0.25, 0.3) is 0 Å². The summed E-state index contributed by atoms with van der Waals surface area (Å²) in [6.45, 7) is 1.71. The largest absolute Gasteiger partial charge is 0.495 e. The molecule has 0 aliphatic carbocycles. The summed E-state index contributed by atoms with van der Waals surface area (Å²) in [7, 11) is 4.76. The van der Waals surface area contributed by atoms with Crippen molar-refractivity contribution in [2.24, 2.45) is 0 Å². The molecule has 144 valence electrons. The summed E-state index contributed by atoms with van der Waals surface area (Å²) in [5.41, 5.74) is 1.72. The maximum absolute atomic E-state index is 12.7. The molecule has 8 nitrogen and oxygen atoms in total. The van der Waals surface area contributed by atoms with Gasteiger partial charge in [0.2, 0.25) is 5.91 Å². The van der Waals surface area contributed by atoms with Crippen molar-refractivity contribution in [2.45, 2.75) is 13.0 Å². The van der Waals surface area contributed by atoms with Crippen LogP contribution in [0, 0.1) is 0 Å². The molecule has 0 aliphatic heterocycles. The normalized spacial score (nSPS) is 11.4. The van der Waals surface area contributed by atoms with Crippen molar-refractivity contribution in [3.05, 3.63) is 48.3 Å². The predicted molar refractivity (Wildman–Crippen MR) is 103 cm³/mol. The molecule has 3 amide bonds. The molecule has 0 unspecified atom stereocenters. The smallest absolute Gasteiger partial charge is 0.322 e. The molecule has 0 fully saturated rings. The molecule has 1 atom stereocenters. The van der Waals surface area contributed by atoms with Crippen LogP contribution in [0.5, 0.6) is 5.75 Å². The van der Waals surface area contributed by atoms with Gasteiger partial charge in [0.1, 0.15) is 5.75 Å². The molecule has 8 heteroatoms. The van der Waals surface area contributed by atoms with Gasteiger partial charge >= 0.3 is 6.03 Å². The van der Waals surface area contributed by atoms with Crippen molar-refractivity contribution in [1.29, 1.82) is 0 Å². The molecular weight excluding hydrogens is 348 g/mol. The summed E-state index contributed by atoms with van der Waals surface area (Å²) in [6.07, 6.45) is 1.67. The van der Waals surface area contributed by atoms with Gasteiger partial charge in [-0.15, -0.1) is 0 Å². The first-order valence-electron chi connectivity index (χ1n) is 8.35.